The van der Waals surface area contributed by atoms with Crippen LogP contribution in [0, 0.1) is 12.3 Å². The minimum Gasteiger partial charge on any atom is -0.345 e. The number of nitrogens with one attached hydrogen (secondary N) is 1. The first-order valence-corrected chi connectivity index (χ1v) is 15.7. The molecule has 1 aliphatic carbocycles. The number of aromatic nitrogens is 2. The number of amides is 2. The highest BCUT2D eigenvalue weighted by Crippen LogP contribution is 2.41. The number of rotatable bonds is 5. The Morgan fingerprint density at radius 3 is 2.58 bits per heavy atom. The van der Waals surface area contributed by atoms with E-state index in [4.69, 9.17) is 11.6 Å². The zero-order valence-corrected chi connectivity index (χ0v) is 25.2. The Bertz CT molecular complexity index is 1690. The van der Waals surface area contributed by atoms with Crippen LogP contribution in [0.3, 0.4) is 0 Å². The van der Waals surface area contributed by atoms with Gasteiger partial charge in [-0.05, 0) is 110 Å². The van der Waals surface area contributed by atoms with E-state index in [0.717, 1.165) is 87.0 Å². The van der Waals surface area contributed by atoms with Crippen molar-refractivity contribution < 1.29 is 9.59 Å². The van der Waals surface area contributed by atoms with Crippen LogP contribution in [0.15, 0.2) is 67.0 Å². The molecule has 2 aliphatic heterocycles. The highest BCUT2D eigenvalue weighted by atomic mass is 35.5. The number of aryl methyl sites for hydroxylation is 2. The monoisotopic (exact) mass is 593 g/mol. The first-order valence-electron chi connectivity index (χ1n) is 15.3. The quantitative estimate of drug-likeness (QED) is 0.301. The third kappa shape index (κ3) is 5.52. The van der Waals surface area contributed by atoms with Gasteiger partial charge in [-0.15, -0.1) is 0 Å². The Morgan fingerprint density at radius 2 is 1.77 bits per heavy atom. The maximum atomic E-state index is 13.7. The number of carbonyl (C=O) groups excluding carboxylic acids is 2. The van der Waals surface area contributed by atoms with Crippen LogP contribution in [-0.4, -0.2) is 57.8 Å². The van der Waals surface area contributed by atoms with Gasteiger partial charge in [0.05, 0.1) is 27.7 Å². The number of hydrogen-bond donors (Lipinski definition) is 1. The van der Waals surface area contributed by atoms with Crippen molar-refractivity contribution in [2.45, 2.75) is 51.6 Å². The molecule has 4 aromatic rings. The normalized spacial score (nSPS) is 19.6. The van der Waals surface area contributed by atoms with Crippen LogP contribution in [0.1, 0.15) is 74.7 Å². The third-order valence-corrected chi connectivity index (χ3v) is 10.1. The summed E-state index contributed by atoms with van der Waals surface area (Å²) in [7, 11) is 0. The highest BCUT2D eigenvalue weighted by Gasteiger charge is 2.42. The van der Waals surface area contributed by atoms with Crippen LogP contribution < -0.4 is 5.32 Å². The van der Waals surface area contributed by atoms with Crippen LogP contribution >= 0.6 is 11.6 Å². The summed E-state index contributed by atoms with van der Waals surface area (Å²) in [5.41, 5.74) is 7.65. The lowest BCUT2D eigenvalue weighted by atomic mass is 9.77. The standard InChI is InChI=1S/C35H36ClN5O2/c1-23-3-2-4-28(36)32(23)33(42)39-29-10-8-25-6-7-26(20-27(25)29)34(43)41-18-13-35(22-41)11-16-40(17-12-35)21-24-5-9-30-31(19-24)38-15-14-37-30/h2-7,9,14-15,19-20,29H,8,10-13,16-18,21-22H2,1H3,(H,39,42). The summed E-state index contributed by atoms with van der Waals surface area (Å²) in [6.07, 6.45) is 8.43. The lowest BCUT2D eigenvalue weighted by Crippen LogP contribution is -2.42. The number of nitrogens with zero attached hydrogens (tertiary/aromatic N) is 4. The van der Waals surface area contributed by atoms with Crippen molar-refractivity contribution in [3.05, 3.63) is 105 Å². The molecule has 2 saturated heterocycles. The lowest BCUT2D eigenvalue weighted by molar-refractivity contribution is 0.0713. The molecule has 7 nitrogen and oxygen atoms in total. The molecule has 8 heteroatoms. The molecule has 220 valence electrons. The minimum absolute atomic E-state index is 0.0957. The second-order valence-electron chi connectivity index (χ2n) is 12.5. The van der Waals surface area contributed by atoms with Crippen LogP contribution in [0.25, 0.3) is 11.0 Å². The molecule has 3 heterocycles. The van der Waals surface area contributed by atoms with Gasteiger partial charge in [0, 0.05) is 37.6 Å². The van der Waals surface area contributed by atoms with Crippen molar-refractivity contribution >= 4 is 34.4 Å². The molecule has 1 atom stereocenters. The molecule has 1 spiro atoms. The summed E-state index contributed by atoms with van der Waals surface area (Å²) in [6, 6.07) is 17.8. The van der Waals surface area contributed by atoms with E-state index in [1.54, 1.807) is 18.5 Å². The molecule has 3 aliphatic rings. The molecule has 0 saturated carbocycles. The van der Waals surface area contributed by atoms with Crippen molar-refractivity contribution in [2.24, 2.45) is 5.41 Å². The SMILES string of the molecule is Cc1cccc(Cl)c1C(=O)NC1CCc2ccc(C(=O)N3CCC4(CCN(Cc5ccc6nccnc6c5)CC4)C3)cc21. The molecule has 43 heavy (non-hydrogen) atoms. The van der Waals surface area contributed by atoms with Gasteiger partial charge in [-0.2, -0.15) is 0 Å². The fourth-order valence-electron chi connectivity index (χ4n) is 7.29. The van der Waals surface area contributed by atoms with E-state index in [9.17, 15) is 9.59 Å². The Balaban J connectivity index is 0.981. The van der Waals surface area contributed by atoms with Crippen LogP contribution in [-0.2, 0) is 13.0 Å². The maximum Gasteiger partial charge on any atom is 0.253 e. The number of hydrogen-bond acceptors (Lipinski definition) is 5. The highest BCUT2D eigenvalue weighted by molar-refractivity contribution is 6.34. The average Bonchev–Trinajstić information content (AvgIpc) is 3.62. The van der Waals surface area contributed by atoms with E-state index in [1.807, 2.05) is 31.2 Å². The van der Waals surface area contributed by atoms with Crippen molar-refractivity contribution in [2.75, 3.05) is 26.2 Å². The number of likely N-dealkylation sites (tertiary alicyclic amines) is 2. The summed E-state index contributed by atoms with van der Waals surface area (Å²) in [4.78, 5) is 40.3. The molecule has 2 fully saturated rings. The summed E-state index contributed by atoms with van der Waals surface area (Å²) < 4.78 is 0. The topological polar surface area (TPSA) is 78.4 Å². The van der Waals surface area contributed by atoms with Crippen LogP contribution in [0.4, 0.5) is 0 Å². The van der Waals surface area contributed by atoms with Gasteiger partial charge in [0.15, 0.2) is 0 Å². The van der Waals surface area contributed by atoms with E-state index in [0.29, 0.717) is 16.1 Å². The molecule has 1 unspecified atom stereocenters. The lowest BCUT2D eigenvalue weighted by Gasteiger charge is -2.39. The van der Waals surface area contributed by atoms with Gasteiger partial charge < -0.3 is 10.2 Å². The molecule has 3 aromatic carbocycles. The Hall–Kier alpha value is -3.81. The van der Waals surface area contributed by atoms with E-state index in [1.165, 1.54) is 11.1 Å². The van der Waals surface area contributed by atoms with E-state index in [2.05, 4.69) is 49.4 Å². The Morgan fingerprint density at radius 1 is 0.977 bits per heavy atom. The number of halogens is 1. The molecule has 1 aromatic heterocycles. The Kier molecular flexibility index (Phi) is 7.39. The number of carbonyl (C=O) groups is 2. The van der Waals surface area contributed by atoms with Crippen molar-refractivity contribution in [3.8, 4) is 0 Å². The molecule has 2 amide bonds. The Labute approximate surface area is 257 Å². The van der Waals surface area contributed by atoms with Gasteiger partial charge in [-0.3, -0.25) is 24.5 Å². The summed E-state index contributed by atoms with van der Waals surface area (Å²) in [5.74, 6) is -0.0712. The number of fused-ring (bicyclic) bond motifs is 2. The second kappa shape index (κ2) is 11.4. The maximum absolute atomic E-state index is 13.7. The predicted octanol–water partition coefficient (Wildman–Crippen LogP) is 6.14. The van der Waals surface area contributed by atoms with E-state index < -0.39 is 0 Å². The minimum atomic E-state index is -0.167. The smallest absolute Gasteiger partial charge is 0.253 e. The van der Waals surface area contributed by atoms with Gasteiger partial charge in [0.25, 0.3) is 11.8 Å². The molecule has 0 bridgehead atoms. The van der Waals surface area contributed by atoms with Gasteiger partial charge in [-0.1, -0.05) is 35.9 Å². The zero-order valence-electron chi connectivity index (χ0n) is 24.5. The zero-order chi connectivity index (χ0) is 29.6. The molecular formula is C35H36ClN5O2. The fourth-order valence-corrected chi connectivity index (χ4v) is 7.59. The van der Waals surface area contributed by atoms with E-state index >= 15 is 0 Å². The van der Waals surface area contributed by atoms with Crippen LogP contribution in [0.5, 0.6) is 0 Å². The summed E-state index contributed by atoms with van der Waals surface area (Å²) in [5, 5.41) is 3.64. The van der Waals surface area contributed by atoms with Crippen LogP contribution in [0.2, 0.25) is 5.02 Å². The summed E-state index contributed by atoms with van der Waals surface area (Å²) in [6.45, 7) is 6.48. The third-order valence-electron chi connectivity index (χ3n) is 9.81. The van der Waals surface area contributed by atoms with Gasteiger partial charge in [0.2, 0.25) is 0 Å². The van der Waals surface area contributed by atoms with E-state index in [-0.39, 0.29) is 23.3 Å². The van der Waals surface area contributed by atoms with Crippen molar-refractivity contribution in [3.63, 3.8) is 0 Å². The molecule has 1 N–H and O–H groups in total. The van der Waals surface area contributed by atoms with Gasteiger partial charge >= 0.3 is 0 Å². The van der Waals surface area contributed by atoms with Crippen molar-refractivity contribution in [1.29, 1.82) is 0 Å². The van der Waals surface area contributed by atoms with Gasteiger partial charge in [-0.25, -0.2) is 0 Å². The fraction of sp³-hybridized carbons (Fsp3) is 0.371. The average molecular weight is 594 g/mol. The predicted molar refractivity (Wildman–Crippen MR) is 168 cm³/mol. The molecule has 7 rings (SSSR count). The first kappa shape index (κ1) is 28.0. The summed E-state index contributed by atoms with van der Waals surface area (Å²) >= 11 is 6.36. The first-order chi connectivity index (χ1) is 20.9. The number of piperidine rings is 1. The van der Waals surface area contributed by atoms with Crippen molar-refractivity contribution in [1.82, 2.24) is 25.1 Å². The van der Waals surface area contributed by atoms with Gasteiger partial charge in [0.1, 0.15) is 0 Å². The molecular weight excluding hydrogens is 558 g/mol. The second-order valence-corrected chi connectivity index (χ2v) is 12.9. The molecule has 0 radical (unpaired) electrons. The largest absolute Gasteiger partial charge is 0.345 e. The number of benzene rings is 3.